The van der Waals surface area contributed by atoms with Gasteiger partial charge in [0.05, 0.1) is 20.6 Å². The van der Waals surface area contributed by atoms with Crippen LogP contribution in [0.5, 0.6) is 0 Å². The predicted octanol–water partition coefficient (Wildman–Crippen LogP) is 3.34. The van der Waals surface area contributed by atoms with Crippen LogP contribution in [0.1, 0.15) is 0 Å². The molecule has 90 valence electrons. The number of hydrogen-bond acceptors (Lipinski definition) is 1. The Balaban J connectivity index is 3.55. The van der Waals surface area contributed by atoms with Crippen LogP contribution in [0.15, 0.2) is 23.7 Å². The average molecular weight is 273 g/mol. The second-order valence-corrected chi connectivity index (χ2v) is 33.0. The average Bonchev–Trinajstić information content (AvgIpc) is 1.97. The molecule has 1 heterocycles. The van der Waals surface area contributed by atoms with Crippen LogP contribution in [0.2, 0.25) is 39.3 Å². The Morgan fingerprint density at radius 2 is 1.50 bits per heavy atom. The fourth-order valence-corrected chi connectivity index (χ4v) is 46.0. The Labute approximate surface area is 100 Å². The van der Waals surface area contributed by atoms with E-state index in [2.05, 4.69) is 39.3 Å². The van der Waals surface area contributed by atoms with E-state index in [4.69, 9.17) is 0 Å². The highest BCUT2D eigenvalue weighted by atomic mass is 29.6. The van der Waals surface area contributed by atoms with E-state index < -0.39 is 22.3 Å². The van der Waals surface area contributed by atoms with E-state index in [1.54, 1.807) is 18.2 Å². The van der Waals surface area contributed by atoms with Crippen molar-refractivity contribution in [2.24, 2.45) is 0 Å². The van der Waals surface area contributed by atoms with E-state index in [1.165, 1.54) is 0 Å². The minimum Gasteiger partial charge on any atom is -0.301 e. The van der Waals surface area contributed by atoms with Crippen molar-refractivity contribution in [1.82, 2.24) is 0 Å². The second kappa shape index (κ2) is 3.89. The Morgan fingerprint density at radius 1 is 1.06 bits per heavy atom. The van der Waals surface area contributed by atoms with E-state index in [0.29, 0.717) is 0 Å². The molecule has 1 aliphatic rings. The zero-order valence-electron chi connectivity index (χ0n) is 11.0. The first-order valence-corrected chi connectivity index (χ1v) is 16.6. The Morgan fingerprint density at radius 3 is 1.75 bits per heavy atom. The van der Waals surface area contributed by atoms with Crippen molar-refractivity contribution in [3.63, 3.8) is 0 Å². The summed E-state index contributed by atoms with van der Waals surface area (Å²) < 4.78 is 14.5. The van der Waals surface area contributed by atoms with Gasteiger partial charge in [-0.25, -0.2) is 4.39 Å². The third-order valence-corrected chi connectivity index (χ3v) is 39.7. The maximum Gasteiger partial charge on any atom is 0.186 e. The first-order chi connectivity index (χ1) is 7.05. The summed E-state index contributed by atoms with van der Waals surface area (Å²) in [7, 11) is -6.17. The molecule has 1 aliphatic heterocycles. The van der Waals surface area contributed by atoms with Crippen molar-refractivity contribution >= 4 is 27.7 Å². The van der Waals surface area contributed by atoms with Crippen molar-refractivity contribution in [3.8, 4) is 0 Å². The van der Waals surface area contributed by atoms with Gasteiger partial charge < -0.3 is 4.79 Å². The van der Waals surface area contributed by atoms with Gasteiger partial charge in [-0.15, -0.1) is 0 Å². The minimum atomic E-state index is -2.55. The van der Waals surface area contributed by atoms with Gasteiger partial charge in [-0.05, 0) is 12.2 Å². The molecule has 0 atom stereocenters. The van der Waals surface area contributed by atoms with Gasteiger partial charge in [-0.1, -0.05) is 45.4 Å². The van der Waals surface area contributed by atoms with Gasteiger partial charge in [0.1, 0.15) is 5.41 Å². The van der Waals surface area contributed by atoms with E-state index in [9.17, 15) is 9.18 Å². The van der Waals surface area contributed by atoms with Crippen molar-refractivity contribution in [2.75, 3.05) is 0 Å². The third-order valence-electron chi connectivity index (χ3n) is 3.47. The molecular formula is C11H21FOSi3. The largest absolute Gasteiger partial charge is 0.301 e. The van der Waals surface area contributed by atoms with Crippen molar-refractivity contribution < 1.29 is 9.18 Å². The smallest absolute Gasteiger partial charge is 0.186 e. The first kappa shape index (κ1) is 13.8. The SMILES string of the molecule is C[Si](C)(C)[Si]1([Si](C)(C)C)C(=O)C=CC=C1F. The van der Waals surface area contributed by atoms with E-state index in [1.807, 2.05) is 0 Å². The van der Waals surface area contributed by atoms with E-state index in [-0.39, 0.29) is 10.9 Å². The van der Waals surface area contributed by atoms with Crippen LogP contribution in [0.4, 0.5) is 4.39 Å². The summed E-state index contributed by atoms with van der Waals surface area (Å²) in [6, 6.07) is 0. The lowest BCUT2D eigenvalue weighted by molar-refractivity contribution is -0.108. The van der Waals surface area contributed by atoms with Crippen molar-refractivity contribution in [3.05, 3.63) is 23.7 Å². The van der Waals surface area contributed by atoms with Gasteiger partial charge in [0, 0.05) is 0 Å². The van der Waals surface area contributed by atoms with Crippen LogP contribution >= 0.6 is 0 Å². The molecule has 5 heteroatoms. The molecule has 0 amide bonds. The molecular weight excluding hydrogens is 251 g/mol. The van der Waals surface area contributed by atoms with E-state index in [0.717, 1.165) is 0 Å². The number of rotatable bonds is 2. The lowest BCUT2D eigenvalue weighted by atomic mass is 10.5. The summed E-state index contributed by atoms with van der Waals surface area (Å²) in [5.41, 5.74) is -0.0571. The van der Waals surface area contributed by atoms with E-state index >= 15 is 0 Å². The maximum atomic E-state index is 14.5. The molecule has 1 rings (SSSR count). The summed E-state index contributed by atoms with van der Waals surface area (Å²) in [6.07, 6.45) is 4.74. The number of halogens is 1. The number of hydrogen-bond donors (Lipinski definition) is 0. The molecule has 0 saturated carbocycles. The van der Waals surface area contributed by atoms with Crippen LogP contribution in [-0.4, -0.2) is 27.7 Å². The summed E-state index contributed by atoms with van der Waals surface area (Å²) >= 11 is 0. The standard InChI is InChI=1S/C11H21FOSi3/c1-14(2,3)16(15(4,5)6)10(12)8-7-9-11(16)13/h7-9H,1-6H3. The Kier molecular flexibility index (Phi) is 3.35. The summed E-state index contributed by atoms with van der Waals surface area (Å²) in [6.45, 7) is 12.9. The summed E-state index contributed by atoms with van der Waals surface area (Å²) in [5.74, 6) is 0. The molecule has 16 heavy (non-hydrogen) atoms. The minimum absolute atomic E-state index is 0.0571. The molecule has 0 aromatic carbocycles. The molecule has 0 saturated heterocycles. The highest BCUT2D eigenvalue weighted by molar-refractivity contribution is 7.79. The van der Waals surface area contributed by atoms with Gasteiger partial charge in [0.25, 0.3) is 0 Å². The molecule has 0 bridgehead atoms. The predicted molar refractivity (Wildman–Crippen MR) is 75.8 cm³/mol. The summed E-state index contributed by atoms with van der Waals surface area (Å²) in [4.78, 5) is 12.4. The van der Waals surface area contributed by atoms with Crippen molar-refractivity contribution in [1.29, 1.82) is 0 Å². The second-order valence-electron chi connectivity index (χ2n) is 6.49. The Bertz CT molecular complexity index is 358. The zero-order chi connectivity index (χ0) is 12.8. The normalized spacial score (nSPS) is 20.9. The van der Waals surface area contributed by atoms with Crippen LogP contribution in [0.25, 0.3) is 0 Å². The number of carbonyl (C=O) groups is 1. The maximum absolute atomic E-state index is 14.5. The molecule has 0 fully saturated rings. The van der Waals surface area contributed by atoms with Gasteiger partial charge in [-0.2, -0.15) is 0 Å². The fraction of sp³-hybridized carbons (Fsp3) is 0.545. The molecule has 0 spiro atoms. The highest BCUT2D eigenvalue weighted by Gasteiger charge is 2.63. The topological polar surface area (TPSA) is 17.1 Å². The number of allylic oxidation sites excluding steroid dienone is 3. The van der Waals surface area contributed by atoms with Gasteiger partial charge in [0.15, 0.2) is 7.11 Å². The molecule has 0 aromatic heterocycles. The fourth-order valence-electron chi connectivity index (χ4n) is 3.17. The first-order valence-electron chi connectivity index (χ1n) is 5.64. The van der Waals surface area contributed by atoms with Gasteiger partial charge in [0.2, 0.25) is 0 Å². The molecule has 0 unspecified atom stereocenters. The zero-order valence-corrected chi connectivity index (χ0v) is 14.0. The summed E-state index contributed by atoms with van der Waals surface area (Å²) in [5, 5.41) is 0.130. The highest BCUT2D eigenvalue weighted by Crippen LogP contribution is 2.38. The quantitative estimate of drug-likeness (QED) is 0.705. The molecule has 1 nitrogen and oxygen atoms in total. The van der Waals surface area contributed by atoms with Crippen LogP contribution in [-0.2, 0) is 4.79 Å². The monoisotopic (exact) mass is 272 g/mol. The lowest BCUT2D eigenvalue weighted by Crippen LogP contribution is -2.77. The van der Waals surface area contributed by atoms with Crippen LogP contribution in [0.3, 0.4) is 0 Å². The molecule has 0 aromatic rings. The lowest BCUT2D eigenvalue weighted by Gasteiger charge is -2.47. The Hall–Kier alpha value is -0.269. The molecule has 0 aliphatic carbocycles. The third kappa shape index (κ3) is 1.74. The molecule has 0 N–H and O–H groups in total. The van der Waals surface area contributed by atoms with Crippen LogP contribution < -0.4 is 0 Å². The molecule has 0 radical (unpaired) electrons. The van der Waals surface area contributed by atoms with Crippen LogP contribution in [0, 0.1) is 0 Å². The van der Waals surface area contributed by atoms with Crippen molar-refractivity contribution in [2.45, 2.75) is 39.3 Å². The number of carbonyl (C=O) groups excluding carboxylic acids is 1. The van der Waals surface area contributed by atoms with Gasteiger partial charge >= 0.3 is 0 Å². The van der Waals surface area contributed by atoms with Gasteiger partial charge in [-0.3, -0.25) is 0 Å².